The number of carbonyl (C=O) groups excluding carboxylic acids is 2. The minimum atomic E-state index is -4.16. The van der Waals surface area contributed by atoms with Crippen molar-refractivity contribution >= 4 is 22.3 Å². The number of esters is 2. The van der Waals surface area contributed by atoms with Crippen molar-refractivity contribution in [3.8, 4) is 0 Å². The molecule has 0 aliphatic carbocycles. The van der Waals surface area contributed by atoms with E-state index in [4.69, 9.17) is 19.8 Å². The molecule has 0 aliphatic heterocycles. The van der Waals surface area contributed by atoms with E-state index in [-0.39, 0.29) is 31.8 Å². The van der Waals surface area contributed by atoms with Crippen LogP contribution in [0.2, 0.25) is 0 Å². The third-order valence-electron chi connectivity index (χ3n) is 9.83. The zero-order valence-electron chi connectivity index (χ0n) is 35.6. The average molecular weight is 804 g/mol. The van der Waals surface area contributed by atoms with E-state index < -0.39 is 15.9 Å². The molecule has 0 aliphatic rings. The highest BCUT2D eigenvalue weighted by atomic mass is 32.3. The molecule has 4 N–H and O–H groups in total. The predicted octanol–water partition coefficient (Wildman–Crippen LogP) is 11.4. The lowest BCUT2D eigenvalue weighted by molar-refractivity contribution is -0.144. The average Bonchev–Trinajstić information content (AvgIpc) is 3.15. The second-order valence-corrected chi connectivity index (χ2v) is 16.2. The summed E-state index contributed by atoms with van der Waals surface area (Å²) >= 11 is 0. The lowest BCUT2D eigenvalue weighted by Crippen LogP contribution is -2.43. The Hall–Kier alpha value is -1.79. The van der Waals surface area contributed by atoms with E-state index >= 15 is 0 Å². The maximum Gasteiger partial charge on any atom is 0.397 e. The Morgan fingerprint density at radius 3 is 1.13 bits per heavy atom. The Balaban J connectivity index is 0. The first-order valence-corrected chi connectivity index (χ1v) is 23.4. The number of hydrogen-bond donors (Lipinski definition) is 3. The molecule has 326 valence electrons. The maximum absolute atomic E-state index is 12.2. The van der Waals surface area contributed by atoms with Crippen molar-refractivity contribution in [2.75, 3.05) is 26.9 Å². The minimum Gasteiger partial charge on any atom is -0.466 e. The van der Waals surface area contributed by atoms with Crippen LogP contribution >= 0.6 is 0 Å². The fourth-order valence-electron chi connectivity index (χ4n) is 6.16. The van der Waals surface area contributed by atoms with Crippen LogP contribution in [0, 0.1) is 0 Å². The summed E-state index contributed by atoms with van der Waals surface area (Å²) in [7, 11) is -3.29. The van der Waals surface area contributed by atoms with Crippen LogP contribution in [-0.4, -0.2) is 62.5 Å². The molecule has 11 heteroatoms. The molecule has 0 saturated carbocycles. The van der Waals surface area contributed by atoms with Crippen LogP contribution < -0.4 is 5.73 Å². The van der Waals surface area contributed by atoms with Crippen LogP contribution in [0.1, 0.15) is 213 Å². The number of unbranched alkanes of at least 4 members (excludes halogenated alkanes) is 22. The summed E-state index contributed by atoms with van der Waals surface area (Å²) in [4.78, 5) is 24.4. The number of aliphatic hydroxyl groups excluding tert-OH is 1. The first-order valence-electron chi connectivity index (χ1n) is 22.1. The molecule has 0 spiro atoms. The summed E-state index contributed by atoms with van der Waals surface area (Å²) in [5.41, 5.74) is 5.78. The molecule has 0 saturated heterocycles. The van der Waals surface area contributed by atoms with Crippen LogP contribution in [0.5, 0.6) is 0 Å². The standard InChI is InChI=1S/C43H81NO5.CH4O4S/c1-3-5-7-9-11-13-15-17-19-21-23-25-27-29-31-33-41(46)48-39-36-43(44,35-38-45)37-40-49-42(47)34-32-30-28-26-24-22-20-18-16-14-12-10-8-6-4-2;1-5-6(2,3)4/h17-20,45H,3-16,21-40,44H2,1-2H3;1H3,(H,2,3,4)/b19-17-,20-18-;. The zero-order chi connectivity index (χ0) is 41.1. The monoisotopic (exact) mass is 804 g/mol. The molecule has 0 radical (unpaired) electrons. The summed E-state index contributed by atoms with van der Waals surface area (Å²) in [6, 6.07) is 0. The predicted molar refractivity (Wildman–Crippen MR) is 227 cm³/mol. The van der Waals surface area contributed by atoms with Crippen molar-refractivity contribution in [2.45, 2.75) is 218 Å². The normalized spacial score (nSPS) is 12.0. The Bertz CT molecular complexity index is 959. The topological polar surface area (TPSA) is 162 Å². The van der Waals surface area contributed by atoms with Crippen molar-refractivity contribution in [3.63, 3.8) is 0 Å². The number of ether oxygens (including phenoxy) is 2. The number of aliphatic hydroxyl groups is 1. The fraction of sp³-hybridized carbons (Fsp3) is 0.864. The van der Waals surface area contributed by atoms with Gasteiger partial charge in [0.15, 0.2) is 0 Å². The summed E-state index contributed by atoms with van der Waals surface area (Å²) in [6.45, 7) is 4.92. The molecule has 0 aromatic rings. The van der Waals surface area contributed by atoms with E-state index in [0.717, 1.165) is 58.5 Å². The van der Waals surface area contributed by atoms with Crippen LogP contribution in [0.25, 0.3) is 0 Å². The van der Waals surface area contributed by atoms with Crippen LogP contribution in [0.15, 0.2) is 24.3 Å². The molecule has 0 bridgehead atoms. The van der Waals surface area contributed by atoms with Crippen LogP contribution in [0.4, 0.5) is 0 Å². The second kappa shape index (κ2) is 41.8. The third-order valence-corrected chi connectivity index (χ3v) is 10.3. The van der Waals surface area contributed by atoms with Crippen molar-refractivity contribution in [1.29, 1.82) is 0 Å². The molecule has 0 aromatic carbocycles. The number of nitrogens with two attached hydrogens (primary N) is 1. The molecule has 10 nitrogen and oxygen atoms in total. The van der Waals surface area contributed by atoms with Crippen molar-refractivity contribution in [2.24, 2.45) is 5.73 Å². The molecule has 0 amide bonds. The van der Waals surface area contributed by atoms with E-state index in [9.17, 15) is 23.1 Å². The van der Waals surface area contributed by atoms with Gasteiger partial charge in [-0.25, -0.2) is 0 Å². The van der Waals surface area contributed by atoms with Gasteiger partial charge in [-0.2, -0.15) is 8.42 Å². The van der Waals surface area contributed by atoms with Gasteiger partial charge in [-0.15, -0.1) is 0 Å². The molecule has 0 fully saturated rings. The summed E-state index contributed by atoms with van der Waals surface area (Å²) in [5, 5.41) is 9.52. The van der Waals surface area contributed by atoms with Crippen molar-refractivity contribution < 1.29 is 41.3 Å². The highest BCUT2D eigenvalue weighted by Gasteiger charge is 2.25. The van der Waals surface area contributed by atoms with Crippen molar-refractivity contribution in [1.82, 2.24) is 0 Å². The molecule has 0 aromatic heterocycles. The SMILES string of the molecule is CCCCCCCC/C=C\CCCCCCCC(=O)OCCC(N)(CCO)CCOC(=O)CCCCCCC/C=C\CCCCCCCC.COS(=O)(=O)O. The second-order valence-electron chi connectivity index (χ2n) is 15.0. The molecule has 0 rings (SSSR count). The third kappa shape index (κ3) is 46.5. The number of hydrogen-bond acceptors (Lipinski definition) is 9. The Kier molecular flexibility index (Phi) is 42.1. The highest BCUT2D eigenvalue weighted by molar-refractivity contribution is 7.80. The van der Waals surface area contributed by atoms with Crippen LogP contribution in [0.3, 0.4) is 0 Å². The quantitative estimate of drug-likeness (QED) is 0.0236. The van der Waals surface area contributed by atoms with E-state index in [2.05, 4.69) is 42.3 Å². The Labute approximate surface area is 338 Å². The highest BCUT2D eigenvalue weighted by Crippen LogP contribution is 2.18. The molecule has 0 unspecified atom stereocenters. The zero-order valence-corrected chi connectivity index (χ0v) is 36.4. The van der Waals surface area contributed by atoms with Gasteiger partial charge in [0.25, 0.3) is 0 Å². The number of allylic oxidation sites excluding steroid dienone is 4. The van der Waals surface area contributed by atoms with E-state index in [1.807, 2.05) is 0 Å². The molecule has 55 heavy (non-hydrogen) atoms. The lowest BCUT2D eigenvalue weighted by atomic mass is 9.90. The minimum absolute atomic E-state index is 0.0533. The molecule has 0 atom stereocenters. The van der Waals surface area contributed by atoms with E-state index in [1.54, 1.807) is 0 Å². The molecular weight excluding hydrogens is 719 g/mol. The summed E-state index contributed by atoms with van der Waals surface area (Å²) in [6.07, 6.45) is 43.4. The maximum atomic E-state index is 12.2. The van der Waals surface area contributed by atoms with Gasteiger partial charge in [-0.3, -0.25) is 18.3 Å². The van der Waals surface area contributed by atoms with Gasteiger partial charge in [0.2, 0.25) is 0 Å². The van der Waals surface area contributed by atoms with Gasteiger partial charge >= 0.3 is 22.3 Å². The largest absolute Gasteiger partial charge is 0.466 e. The number of rotatable bonds is 39. The molecular formula is C44H85NO9S. The molecule has 0 heterocycles. The van der Waals surface area contributed by atoms with Gasteiger partial charge in [0.05, 0.1) is 20.3 Å². The first kappa shape index (κ1) is 55.3. The fourth-order valence-corrected chi connectivity index (χ4v) is 6.16. The van der Waals surface area contributed by atoms with Gasteiger partial charge < -0.3 is 20.3 Å². The lowest BCUT2D eigenvalue weighted by Gasteiger charge is -2.28. The van der Waals surface area contributed by atoms with Gasteiger partial charge in [0, 0.05) is 25.0 Å². The van der Waals surface area contributed by atoms with Crippen molar-refractivity contribution in [3.05, 3.63) is 24.3 Å². The smallest absolute Gasteiger partial charge is 0.397 e. The first-order chi connectivity index (χ1) is 26.5. The van der Waals surface area contributed by atoms with E-state index in [0.29, 0.717) is 32.1 Å². The van der Waals surface area contributed by atoms with Gasteiger partial charge in [-0.1, -0.05) is 141 Å². The summed E-state index contributed by atoms with van der Waals surface area (Å²) < 4.78 is 40.6. The Morgan fingerprint density at radius 1 is 0.545 bits per heavy atom. The van der Waals surface area contributed by atoms with E-state index in [1.165, 1.54) is 116 Å². The number of carbonyl (C=O) groups is 2. The summed E-state index contributed by atoms with van der Waals surface area (Å²) in [5.74, 6) is -0.370. The van der Waals surface area contributed by atoms with Gasteiger partial charge in [0.1, 0.15) is 0 Å². The van der Waals surface area contributed by atoms with Gasteiger partial charge in [-0.05, 0) is 83.5 Å². The Morgan fingerprint density at radius 2 is 0.836 bits per heavy atom. The van der Waals surface area contributed by atoms with Crippen LogP contribution in [-0.2, 0) is 33.6 Å².